The third-order valence-corrected chi connectivity index (χ3v) is 3.92. The molecule has 1 aromatic carbocycles. The van der Waals surface area contributed by atoms with Crippen molar-refractivity contribution in [2.75, 3.05) is 6.61 Å². The van der Waals surface area contributed by atoms with Gasteiger partial charge in [-0.25, -0.2) is 4.39 Å². The molecule has 5 heteroatoms. The maximum atomic E-state index is 13.5. The maximum Gasteiger partial charge on any atom is 0.412 e. The van der Waals surface area contributed by atoms with E-state index in [1.165, 1.54) is 12.1 Å². The Morgan fingerprint density at radius 1 is 1.23 bits per heavy atom. The number of rotatable bonds is 4. The molecule has 0 aromatic heterocycles. The van der Waals surface area contributed by atoms with Gasteiger partial charge in [0.2, 0.25) is 0 Å². The summed E-state index contributed by atoms with van der Waals surface area (Å²) >= 11 is 0. The Hall–Kier alpha value is -1.36. The van der Waals surface area contributed by atoms with E-state index in [2.05, 4.69) is 6.92 Å². The van der Waals surface area contributed by atoms with E-state index in [1.807, 2.05) is 0 Å². The molecular formula is C17H20F4O. The van der Waals surface area contributed by atoms with Crippen LogP contribution < -0.4 is 0 Å². The van der Waals surface area contributed by atoms with Crippen LogP contribution in [0.1, 0.15) is 49.8 Å². The Kier molecular flexibility index (Phi) is 5.62. The van der Waals surface area contributed by atoms with Gasteiger partial charge in [0, 0.05) is 5.56 Å². The van der Waals surface area contributed by atoms with Crippen LogP contribution in [0.25, 0.3) is 5.83 Å². The van der Waals surface area contributed by atoms with Gasteiger partial charge in [-0.2, -0.15) is 13.2 Å². The molecule has 1 saturated heterocycles. The topological polar surface area (TPSA) is 9.23 Å². The van der Waals surface area contributed by atoms with Crippen molar-refractivity contribution in [2.24, 2.45) is 5.92 Å². The second-order valence-electron chi connectivity index (χ2n) is 5.71. The van der Waals surface area contributed by atoms with Gasteiger partial charge < -0.3 is 4.74 Å². The standard InChI is InChI=1S/C17H20F4O/c1-2-3-12-4-9-16(22-11-12)14-7-5-13(6-8-14)15(18)10-17(19,20)21/h5-8,10,12,16H,2-4,9,11H2,1H3/b15-10-. The molecule has 0 spiro atoms. The fraction of sp³-hybridized carbons (Fsp3) is 0.529. The summed E-state index contributed by atoms with van der Waals surface area (Å²) in [5.74, 6) is -0.681. The van der Waals surface area contributed by atoms with Gasteiger partial charge in [-0.05, 0) is 30.7 Å². The predicted octanol–water partition coefficient (Wildman–Crippen LogP) is 5.83. The lowest BCUT2D eigenvalue weighted by Crippen LogP contribution is -2.20. The van der Waals surface area contributed by atoms with E-state index in [0.29, 0.717) is 12.5 Å². The second-order valence-corrected chi connectivity index (χ2v) is 5.71. The van der Waals surface area contributed by atoms with Crippen molar-refractivity contribution in [3.05, 3.63) is 41.5 Å². The third-order valence-electron chi connectivity index (χ3n) is 3.92. The normalized spacial score (nSPS) is 23.6. The van der Waals surface area contributed by atoms with Crippen LogP contribution >= 0.6 is 0 Å². The Morgan fingerprint density at radius 3 is 2.41 bits per heavy atom. The molecule has 1 aliphatic heterocycles. The predicted molar refractivity (Wildman–Crippen MR) is 77.9 cm³/mol. The van der Waals surface area contributed by atoms with Gasteiger partial charge in [-0.15, -0.1) is 0 Å². The lowest BCUT2D eigenvalue weighted by molar-refractivity contribution is -0.0798. The Labute approximate surface area is 128 Å². The third kappa shape index (κ3) is 4.83. The molecule has 0 bridgehead atoms. The average Bonchev–Trinajstić information content (AvgIpc) is 2.47. The first-order valence-electron chi connectivity index (χ1n) is 7.56. The lowest BCUT2D eigenvalue weighted by atomic mass is 9.91. The van der Waals surface area contributed by atoms with Crippen LogP contribution in [0.5, 0.6) is 0 Å². The quantitative estimate of drug-likeness (QED) is 0.635. The largest absolute Gasteiger partial charge is 0.412 e. The fourth-order valence-corrected chi connectivity index (χ4v) is 2.79. The molecule has 122 valence electrons. The smallest absolute Gasteiger partial charge is 0.373 e. The van der Waals surface area contributed by atoms with Crippen LogP contribution in [-0.2, 0) is 4.74 Å². The summed E-state index contributed by atoms with van der Waals surface area (Å²) < 4.78 is 55.6. The Morgan fingerprint density at radius 2 is 1.91 bits per heavy atom. The van der Waals surface area contributed by atoms with E-state index in [0.717, 1.165) is 31.2 Å². The summed E-state index contributed by atoms with van der Waals surface area (Å²) in [5.41, 5.74) is 0.819. The van der Waals surface area contributed by atoms with E-state index >= 15 is 0 Å². The molecule has 0 radical (unpaired) electrons. The van der Waals surface area contributed by atoms with E-state index in [9.17, 15) is 17.6 Å². The van der Waals surface area contributed by atoms with Gasteiger partial charge >= 0.3 is 6.18 Å². The van der Waals surface area contributed by atoms with Crippen LogP contribution in [0.15, 0.2) is 30.3 Å². The molecule has 2 unspecified atom stereocenters. The maximum absolute atomic E-state index is 13.5. The van der Waals surface area contributed by atoms with Gasteiger partial charge in [0.1, 0.15) is 5.83 Å². The molecule has 1 aliphatic rings. The zero-order valence-corrected chi connectivity index (χ0v) is 12.5. The van der Waals surface area contributed by atoms with E-state index < -0.39 is 12.0 Å². The van der Waals surface area contributed by atoms with Crippen LogP contribution in [0.4, 0.5) is 17.6 Å². The number of hydrogen-bond acceptors (Lipinski definition) is 1. The van der Waals surface area contributed by atoms with Crippen LogP contribution in [0, 0.1) is 5.92 Å². The molecule has 22 heavy (non-hydrogen) atoms. The first-order valence-corrected chi connectivity index (χ1v) is 7.56. The molecular weight excluding hydrogens is 296 g/mol. The van der Waals surface area contributed by atoms with Gasteiger partial charge in [0.05, 0.1) is 18.8 Å². The summed E-state index contributed by atoms with van der Waals surface area (Å²) in [5, 5.41) is 0. The van der Waals surface area contributed by atoms with Crippen molar-refractivity contribution in [1.29, 1.82) is 0 Å². The van der Waals surface area contributed by atoms with Crippen molar-refractivity contribution < 1.29 is 22.3 Å². The number of halogens is 4. The number of allylic oxidation sites excluding steroid dienone is 1. The highest BCUT2D eigenvalue weighted by Gasteiger charge is 2.26. The Bertz CT molecular complexity index is 496. The highest BCUT2D eigenvalue weighted by molar-refractivity contribution is 5.59. The SMILES string of the molecule is CCCC1CCC(c2ccc(/C(F)=C/C(F)(F)F)cc2)OC1. The highest BCUT2D eigenvalue weighted by atomic mass is 19.4. The summed E-state index contributed by atoms with van der Waals surface area (Å²) in [6.45, 7) is 2.86. The summed E-state index contributed by atoms with van der Waals surface area (Å²) in [6, 6.07) is 6.02. The lowest BCUT2D eigenvalue weighted by Gasteiger charge is -2.29. The molecule has 2 atom stereocenters. The minimum absolute atomic E-state index is 0.0446. The Balaban J connectivity index is 2.00. The second kappa shape index (κ2) is 7.27. The molecule has 2 rings (SSSR count). The van der Waals surface area contributed by atoms with Crippen molar-refractivity contribution in [1.82, 2.24) is 0 Å². The number of benzene rings is 1. The van der Waals surface area contributed by atoms with E-state index in [4.69, 9.17) is 4.74 Å². The molecule has 0 amide bonds. The zero-order chi connectivity index (χ0) is 16.2. The molecule has 1 fully saturated rings. The molecule has 0 aliphatic carbocycles. The van der Waals surface area contributed by atoms with Crippen LogP contribution in [-0.4, -0.2) is 12.8 Å². The van der Waals surface area contributed by atoms with E-state index in [1.54, 1.807) is 12.1 Å². The molecule has 1 heterocycles. The minimum Gasteiger partial charge on any atom is -0.373 e. The molecule has 0 N–H and O–H groups in total. The first kappa shape index (κ1) is 17.0. The van der Waals surface area contributed by atoms with Crippen LogP contribution in [0.2, 0.25) is 0 Å². The van der Waals surface area contributed by atoms with Crippen molar-refractivity contribution in [2.45, 2.75) is 44.9 Å². The minimum atomic E-state index is -4.65. The highest BCUT2D eigenvalue weighted by Crippen LogP contribution is 2.33. The monoisotopic (exact) mass is 316 g/mol. The number of ether oxygens (including phenoxy) is 1. The molecule has 1 aromatic rings. The van der Waals surface area contributed by atoms with E-state index in [-0.39, 0.29) is 17.7 Å². The summed E-state index contributed by atoms with van der Waals surface area (Å²) in [7, 11) is 0. The molecule has 0 saturated carbocycles. The van der Waals surface area contributed by atoms with Gasteiger partial charge in [0.25, 0.3) is 0 Å². The van der Waals surface area contributed by atoms with Crippen molar-refractivity contribution >= 4 is 5.83 Å². The number of hydrogen-bond donors (Lipinski definition) is 0. The van der Waals surface area contributed by atoms with Gasteiger partial charge in [-0.1, -0.05) is 37.6 Å². The number of alkyl halides is 3. The average molecular weight is 316 g/mol. The first-order chi connectivity index (χ1) is 10.4. The van der Waals surface area contributed by atoms with Gasteiger partial charge in [-0.3, -0.25) is 0 Å². The summed E-state index contributed by atoms with van der Waals surface area (Å²) in [4.78, 5) is 0. The summed E-state index contributed by atoms with van der Waals surface area (Å²) in [6.07, 6.45) is -0.750. The zero-order valence-electron chi connectivity index (χ0n) is 12.5. The van der Waals surface area contributed by atoms with Crippen molar-refractivity contribution in [3.8, 4) is 0 Å². The van der Waals surface area contributed by atoms with Crippen LogP contribution in [0.3, 0.4) is 0 Å². The fourth-order valence-electron chi connectivity index (χ4n) is 2.79. The van der Waals surface area contributed by atoms with Gasteiger partial charge in [0.15, 0.2) is 0 Å². The van der Waals surface area contributed by atoms with Crippen molar-refractivity contribution in [3.63, 3.8) is 0 Å². The molecule has 1 nitrogen and oxygen atoms in total.